The first-order valence-corrected chi connectivity index (χ1v) is 8.53. The second-order valence-electron chi connectivity index (χ2n) is 5.68. The number of amides is 1. The van der Waals surface area contributed by atoms with Crippen molar-refractivity contribution in [2.45, 2.75) is 6.42 Å². The maximum atomic E-state index is 13.0. The van der Waals surface area contributed by atoms with E-state index in [0.717, 1.165) is 16.4 Å². The van der Waals surface area contributed by atoms with E-state index in [1.807, 2.05) is 36.5 Å². The van der Waals surface area contributed by atoms with Crippen molar-refractivity contribution >= 4 is 28.7 Å². The second kappa shape index (κ2) is 7.40. The van der Waals surface area contributed by atoms with Crippen LogP contribution in [0.5, 0.6) is 0 Å². The van der Waals surface area contributed by atoms with Crippen molar-refractivity contribution in [3.05, 3.63) is 59.5 Å². The zero-order chi connectivity index (χ0) is 17.8. The molecule has 0 aliphatic heterocycles. The molecule has 0 atom stereocenters. The lowest BCUT2D eigenvalue weighted by molar-refractivity contribution is -0.115. The number of carbonyl (C=O) groups excluding carboxylic acids is 1. The van der Waals surface area contributed by atoms with Gasteiger partial charge in [0.2, 0.25) is 5.91 Å². The molecule has 2 heterocycles. The SMILES string of the molecule is CN(C)c1ccc(NC(=O)Cc2csc(-c3ccc(F)cc3)n2)cn1. The van der Waals surface area contributed by atoms with Crippen molar-refractivity contribution in [3.8, 4) is 10.6 Å². The quantitative estimate of drug-likeness (QED) is 0.759. The standard InChI is InChI=1S/C18H17FN4OS/c1-23(2)16-8-7-14(10-20-16)21-17(24)9-15-11-25-18(22-15)12-3-5-13(19)6-4-12/h3-8,10-11H,9H2,1-2H3,(H,21,24). The minimum Gasteiger partial charge on any atom is -0.363 e. The minimum atomic E-state index is -0.284. The molecule has 0 aliphatic carbocycles. The fourth-order valence-corrected chi connectivity index (χ4v) is 3.03. The molecule has 0 unspecified atom stereocenters. The number of aromatic nitrogens is 2. The summed E-state index contributed by atoms with van der Waals surface area (Å²) in [5.41, 5.74) is 2.16. The first kappa shape index (κ1) is 17.0. The number of pyridine rings is 1. The van der Waals surface area contributed by atoms with Crippen molar-refractivity contribution in [1.29, 1.82) is 0 Å². The van der Waals surface area contributed by atoms with E-state index in [2.05, 4.69) is 15.3 Å². The van der Waals surface area contributed by atoms with E-state index in [0.29, 0.717) is 11.4 Å². The van der Waals surface area contributed by atoms with Crippen LogP contribution in [0.4, 0.5) is 15.9 Å². The normalized spacial score (nSPS) is 10.5. The van der Waals surface area contributed by atoms with Crippen molar-refractivity contribution < 1.29 is 9.18 Å². The minimum absolute atomic E-state index is 0.157. The Morgan fingerprint density at radius 2 is 1.96 bits per heavy atom. The molecule has 0 saturated carbocycles. The topological polar surface area (TPSA) is 58.1 Å². The second-order valence-corrected chi connectivity index (χ2v) is 6.53. The average molecular weight is 356 g/mol. The van der Waals surface area contributed by atoms with E-state index in [9.17, 15) is 9.18 Å². The van der Waals surface area contributed by atoms with Crippen LogP contribution in [0, 0.1) is 5.82 Å². The van der Waals surface area contributed by atoms with Gasteiger partial charge in [-0.25, -0.2) is 14.4 Å². The number of nitrogens with zero attached hydrogens (tertiary/aromatic N) is 3. The Balaban J connectivity index is 1.62. The number of benzene rings is 1. The Hall–Kier alpha value is -2.80. The molecule has 3 rings (SSSR count). The average Bonchev–Trinajstić information content (AvgIpc) is 3.04. The maximum Gasteiger partial charge on any atom is 0.230 e. The van der Waals surface area contributed by atoms with Crippen LogP contribution in [0.2, 0.25) is 0 Å². The largest absolute Gasteiger partial charge is 0.363 e. The van der Waals surface area contributed by atoms with Crippen LogP contribution >= 0.6 is 11.3 Å². The molecular formula is C18H17FN4OS. The van der Waals surface area contributed by atoms with Crippen LogP contribution in [0.1, 0.15) is 5.69 Å². The molecule has 0 saturated heterocycles. The summed E-state index contributed by atoms with van der Waals surface area (Å²) < 4.78 is 13.0. The summed E-state index contributed by atoms with van der Waals surface area (Å²) in [6, 6.07) is 9.79. The molecule has 5 nitrogen and oxygen atoms in total. The van der Waals surface area contributed by atoms with Crippen molar-refractivity contribution in [1.82, 2.24) is 9.97 Å². The maximum absolute atomic E-state index is 13.0. The highest BCUT2D eigenvalue weighted by Crippen LogP contribution is 2.24. The summed E-state index contributed by atoms with van der Waals surface area (Å²) in [5, 5.41) is 5.41. The number of halogens is 1. The number of thiazole rings is 1. The van der Waals surface area contributed by atoms with Crippen molar-refractivity contribution in [2.24, 2.45) is 0 Å². The van der Waals surface area contributed by atoms with Gasteiger partial charge < -0.3 is 10.2 Å². The van der Waals surface area contributed by atoms with Gasteiger partial charge in [-0.1, -0.05) is 0 Å². The Morgan fingerprint density at radius 3 is 2.60 bits per heavy atom. The number of carbonyl (C=O) groups is 1. The molecule has 1 aromatic carbocycles. The molecule has 2 aromatic heterocycles. The lowest BCUT2D eigenvalue weighted by atomic mass is 10.2. The lowest BCUT2D eigenvalue weighted by Gasteiger charge is -2.11. The predicted molar refractivity (Wildman–Crippen MR) is 98.4 cm³/mol. The first-order chi connectivity index (χ1) is 12.0. The molecule has 3 aromatic rings. The molecular weight excluding hydrogens is 339 g/mol. The van der Waals surface area contributed by atoms with Crippen LogP contribution in [-0.2, 0) is 11.2 Å². The van der Waals surface area contributed by atoms with E-state index < -0.39 is 0 Å². The molecule has 0 aliphatic rings. The molecule has 0 radical (unpaired) electrons. The lowest BCUT2D eigenvalue weighted by Crippen LogP contribution is -2.15. The third-order valence-electron chi connectivity index (χ3n) is 3.47. The molecule has 25 heavy (non-hydrogen) atoms. The van der Waals surface area contributed by atoms with E-state index in [1.54, 1.807) is 18.3 Å². The van der Waals surface area contributed by atoms with Crippen LogP contribution in [0.15, 0.2) is 48.0 Å². The van der Waals surface area contributed by atoms with Gasteiger partial charge in [-0.3, -0.25) is 4.79 Å². The highest BCUT2D eigenvalue weighted by Gasteiger charge is 2.10. The van der Waals surface area contributed by atoms with E-state index in [4.69, 9.17) is 0 Å². The molecule has 1 N–H and O–H groups in total. The highest BCUT2D eigenvalue weighted by molar-refractivity contribution is 7.13. The Kier molecular flexibility index (Phi) is 5.04. The summed E-state index contributed by atoms with van der Waals surface area (Å²) >= 11 is 1.43. The fraction of sp³-hybridized carbons (Fsp3) is 0.167. The smallest absolute Gasteiger partial charge is 0.230 e. The Bertz CT molecular complexity index is 860. The molecule has 1 amide bonds. The number of anilines is 2. The number of rotatable bonds is 5. The third-order valence-corrected chi connectivity index (χ3v) is 4.41. The van der Waals surface area contributed by atoms with Crippen LogP contribution < -0.4 is 10.2 Å². The summed E-state index contributed by atoms with van der Waals surface area (Å²) in [6.07, 6.45) is 1.80. The Morgan fingerprint density at radius 1 is 1.20 bits per heavy atom. The highest BCUT2D eigenvalue weighted by atomic mass is 32.1. The predicted octanol–water partition coefficient (Wildman–Crippen LogP) is 3.59. The number of nitrogens with one attached hydrogen (secondary N) is 1. The van der Waals surface area contributed by atoms with Gasteiger partial charge in [-0.2, -0.15) is 0 Å². The zero-order valence-electron chi connectivity index (χ0n) is 13.9. The molecule has 0 bridgehead atoms. The van der Waals surface area contributed by atoms with E-state index in [-0.39, 0.29) is 18.1 Å². The Labute approximate surface area is 149 Å². The van der Waals surface area contributed by atoms with E-state index in [1.165, 1.54) is 23.5 Å². The monoisotopic (exact) mass is 356 g/mol. The molecule has 128 valence electrons. The fourth-order valence-electron chi connectivity index (χ4n) is 2.21. The van der Waals surface area contributed by atoms with Gasteiger partial charge in [-0.05, 0) is 36.4 Å². The molecule has 7 heteroatoms. The van der Waals surface area contributed by atoms with Gasteiger partial charge in [-0.15, -0.1) is 11.3 Å². The van der Waals surface area contributed by atoms with Gasteiger partial charge in [0.25, 0.3) is 0 Å². The van der Waals surface area contributed by atoms with Crippen LogP contribution in [-0.4, -0.2) is 30.0 Å². The number of hydrogen-bond donors (Lipinski definition) is 1. The van der Waals surface area contributed by atoms with E-state index >= 15 is 0 Å². The summed E-state index contributed by atoms with van der Waals surface area (Å²) in [5.74, 6) is 0.380. The summed E-state index contributed by atoms with van der Waals surface area (Å²) in [4.78, 5) is 22.7. The van der Waals surface area contributed by atoms with Crippen molar-refractivity contribution in [3.63, 3.8) is 0 Å². The van der Waals surface area contributed by atoms with Gasteiger partial charge in [0, 0.05) is 25.0 Å². The van der Waals surface area contributed by atoms with Crippen LogP contribution in [0.25, 0.3) is 10.6 Å². The van der Waals surface area contributed by atoms with Gasteiger partial charge in [0.1, 0.15) is 16.6 Å². The number of hydrogen-bond acceptors (Lipinski definition) is 5. The first-order valence-electron chi connectivity index (χ1n) is 7.65. The van der Waals surface area contributed by atoms with Crippen molar-refractivity contribution in [2.75, 3.05) is 24.3 Å². The van der Waals surface area contributed by atoms with Gasteiger partial charge in [0.15, 0.2) is 0 Å². The molecule has 0 spiro atoms. The molecule has 0 fully saturated rings. The van der Waals surface area contributed by atoms with Crippen LogP contribution in [0.3, 0.4) is 0 Å². The summed E-state index contributed by atoms with van der Waals surface area (Å²) in [7, 11) is 3.81. The summed E-state index contributed by atoms with van der Waals surface area (Å²) in [6.45, 7) is 0. The van der Waals surface area contributed by atoms with Gasteiger partial charge >= 0.3 is 0 Å². The van der Waals surface area contributed by atoms with Gasteiger partial charge in [0.05, 0.1) is 24.0 Å². The third kappa shape index (κ3) is 4.39. The zero-order valence-corrected chi connectivity index (χ0v) is 14.7.